The maximum Gasteiger partial charge on any atom is 0.251 e. The Morgan fingerprint density at radius 1 is 1.00 bits per heavy atom. The largest absolute Gasteiger partial charge is 0.354 e. The molecule has 0 radical (unpaired) electrons. The molecule has 0 bridgehead atoms. The van der Waals surface area contributed by atoms with Gasteiger partial charge in [-0.05, 0) is 48.4 Å². The number of carbonyl (C=O) groups is 1. The van der Waals surface area contributed by atoms with Crippen LogP contribution in [0.1, 0.15) is 23.2 Å². The van der Waals surface area contributed by atoms with Gasteiger partial charge in [-0.1, -0.05) is 60.1 Å². The molecule has 148 valence electrons. The average Bonchev–Trinajstić information content (AvgIpc) is 3.21. The second-order valence-electron chi connectivity index (χ2n) is 7.33. The normalized spacial score (nSPS) is 12.6. The van der Waals surface area contributed by atoms with Crippen LogP contribution in [-0.4, -0.2) is 17.0 Å². The molecule has 4 nitrogen and oxygen atoms in total. The van der Waals surface area contributed by atoms with Gasteiger partial charge in [-0.3, -0.25) is 9.59 Å². The maximum absolute atomic E-state index is 12.9. The lowest BCUT2D eigenvalue weighted by Crippen LogP contribution is -2.34. The Hall–Kier alpha value is -2.85. The van der Waals surface area contributed by atoms with Crippen LogP contribution in [0.25, 0.3) is 11.1 Å². The summed E-state index contributed by atoms with van der Waals surface area (Å²) in [4.78, 5) is 25.3. The first-order valence-electron chi connectivity index (χ1n) is 9.94. The topological polar surface area (TPSA) is 51.1 Å². The van der Waals surface area contributed by atoms with Gasteiger partial charge in [0.15, 0.2) is 0 Å². The number of nitrogens with one attached hydrogen (secondary N) is 1. The molecule has 1 amide bonds. The summed E-state index contributed by atoms with van der Waals surface area (Å²) in [5.74, 6) is -0.136. The highest BCUT2D eigenvalue weighted by Gasteiger charge is 2.23. The first kappa shape index (κ1) is 19.5. The molecule has 29 heavy (non-hydrogen) atoms. The predicted octanol–water partition coefficient (Wildman–Crippen LogP) is 4.02. The van der Waals surface area contributed by atoms with Gasteiger partial charge in [-0.15, -0.1) is 0 Å². The summed E-state index contributed by atoms with van der Waals surface area (Å²) in [6.45, 7) is 0.607. The molecule has 2 aromatic carbocycles. The molecule has 1 N–H and O–H groups in total. The molecular weight excluding hydrogens is 384 g/mol. The van der Waals surface area contributed by atoms with Crippen molar-refractivity contribution in [2.45, 2.75) is 32.2 Å². The van der Waals surface area contributed by atoms with E-state index < -0.39 is 0 Å². The minimum atomic E-state index is -0.154. The van der Waals surface area contributed by atoms with Crippen molar-refractivity contribution in [3.05, 3.63) is 92.9 Å². The van der Waals surface area contributed by atoms with Crippen molar-refractivity contribution in [1.82, 2.24) is 9.88 Å². The van der Waals surface area contributed by atoms with Crippen LogP contribution in [0.15, 0.2) is 65.5 Å². The molecule has 1 aromatic heterocycles. The van der Waals surface area contributed by atoms with Crippen LogP contribution < -0.4 is 10.9 Å². The number of carbonyl (C=O) groups excluding carboxylic acids is 1. The van der Waals surface area contributed by atoms with Crippen molar-refractivity contribution in [3.8, 4) is 11.1 Å². The number of halogens is 1. The van der Waals surface area contributed by atoms with E-state index >= 15 is 0 Å². The van der Waals surface area contributed by atoms with Crippen molar-refractivity contribution in [2.75, 3.05) is 6.54 Å². The van der Waals surface area contributed by atoms with Crippen LogP contribution in [-0.2, 0) is 30.6 Å². The van der Waals surface area contributed by atoms with Gasteiger partial charge in [0.1, 0.15) is 6.54 Å². The molecule has 3 aromatic rings. The molecule has 0 atom stereocenters. The highest BCUT2D eigenvalue weighted by Crippen LogP contribution is 2.34. The van der Waals surface area contributed by atoms with E-state index in [0.717, 1.165) is 48.1 Å². The maximum atomic E-state index is 12.9. The van der Waals surface area contributed by atoms with Crippen LogP contribution in [0.5, 0.6) is 0 Å². The zero-order valence-electron chi connectivity index (χ0n) is 16.2. The fourth-order valence-electron chi connectivity index (χ4n) is 4.02. The standard InChI is InChI=1S/C24H23ClN2O2/c25-21-11-5-4-9-18(21)20-15-24(29)27(22-12-6-10-19(20)22)16-23(28)26-14-13-17-7-2-1-3-8-17/h1-5,7-9,11,15H,6,10,12-14,16H2,(H,26,28). The number of pyridine rings is 1. The quantitative estimate of drug-likeness (QED) is 0.672. The molecule has 4 rings (SSSR count). The van der Waals surface area contributed by atoms with Gasteiger partial charge in [0.25, 0.3) is 5.56 Å². The van der Waals surface area contributed by atoms with E-state index in [0.29, 0.717) is 11.6 Å². The summed E-state index contributed by atoms with van der Waals surface area (Å²) >= 11 is 6.37. The molecule has 0 saturated carbocycles. The molecule has 1 aliphatic rings. The number of hydrogen-bond acceptors (Lipinski definition) is 2. The summed E-state index contributed by atoms with van der Waals surface area (Å²) in [5, 5.41) is 3.57. The fraction of sp³-hybridized carbons (Fsp3) is 0.250. The van der Waals surface area contributed by atoms with E-state index in [1.54, 1.807) is 10.6 Å². The van der Waals surface area contributed by atoms with Crippen LogP contribution in [0.2, 0.25) is 5.02 Å². The third kappa shape index (κ3) is 4.28. The van der Waals surface area contributed by atoms with Gasteiger partial charge in [0.2, 0.25) is 5.91 Å². The van der Waals surface area contributed by atoms with Crippen molar-refractivity contribution in [3.63, 3.8) is 0 Å². The number of amides is 1. The molecule has 0 saturated heterocycles. The summed E-state index contributed by atoms with van der Waals surface area (Å²) in [6.07, 6.45) is 3.45. The van der Waals surface area contributed by atoms with Gasteiger partial charge in [0.05, 0.1) is 0 Å². The highest BCUT2D eigenvalue weighted by atomic mass is 35.5. The number of aromatic nitrogens is 1. The second-order valence-corrected chi connectivity index (χ2v) is 7.73. The van der Waals surface area contributed by atoms with Crippen molar-refractivity contribution in [1.29, 1.82) is 0 Å². The molecule has 1 heterocycles. The third-order valence-electron chi connectivity index (χ3n) is 5.42. The first-order valence-corrected chi connectivity index (χ1v) is 10.3. The van der Waals surface area contributed by atoms with Gasteiger partial charge in [-0.25, -0.2) is 0 Å². The lowest BCUT2D eigenvalue weighted by Gasteiger charge is -2.16. The number of benzene rings is 2. The Balaban J connectivity index is 1.53. The Morgan fingerprint density at radius 3 is 2.55 bits per heavy atom. The minimum Gasteiger partial charge on any atom is -0.354 e. The second kappa shape index (κ2) is 8.66. The smallest absolute Gasteiger partial charge is 0.251 e. The van der Waals surface area contributed by atoms with Gasteiger partial charge in [0, 0.05) is 28.9 Å². The van der Waals surface area contributed by atoms with E-state index in [4.69, 9.17) is 11.6 Å². The number of fused-ring (bicyclic) bond motifs is 1. The Morgan fingerprint density at radius 2 is 1.76 bits per heavy atom. The molecule has 0 unspecified atom stereocenters. The highest BCUT2D eigenvalue weighted by molar-refractivity contribution is 6.33. The van der Waals surface area contributed by atoms with Crippen LogP contribution in [0.3, 0.4) is 0 Å². The van der Waals surface area contributed by atoms with Gasteiger partial charge >= 0.3 is 0 Å². The van der Waals surface area contributed by atoms with Gasteiger partial charge in [-0.2, -0.15) is 0 Å². The molecule has 0 fully saturated rings. The van der Waals surface area contributed by atoms with E-state index in [2.05, 4.69) is 5.32 Å². The Labute approximate surface area is 175 Å². The summed E-state index contributed by atoms with van der Waals surface area (Å²) in [7, 11) is 0. The monoisotopic (exact) mass is 406 g/mol. The van der Waals surface area contributed by atoms with Crippen molar-refractivity contribution >= 4 is 17.5 Å². The SMILES string of the molecule is O=C(Cn1c2c(c(-c3ccccc3Cl)cc1=O)CCC2)NCCc1ccccc1. The van der Waals surface area contributed by atoms with Crippen LogP contribution in [0.4, 0.5) is 0 Å². The molecule has 5 heteroatoms. The van der Waals surface area contributed by atoms with Crippen molar-refractivity contribution < 1.29 is 4.79 Å². The zero-order valence-corrected chi connectivity index (χ0v) is 16.9. The van der Waals surface area contributed by atoms with Crippen LogP contribution in [0, 0.1) is 0 Å². The zero-order chi connectivity index (χ0) is 20.2. The van der Waals surface area contributed by atoms with Crippen LogP contribution >= 0.6 is 11.6 Å². The predicted molar refractivity (Wildman–Crippen MR) is 116 cm³/mol. The van der Waals surface area contributed by atoms with E-state index in [1.165, 1.54) is 5.56 Å². The van der Waals surface area contributed by atoms with E-state index in [9.17, 15) is 9.59 Å². The van der Waals surface area contributed by atoms with Gasteiger partial charge < -0.3 is 9.88 Å². The lowest BCUT2D eigenvalue weighted by molar-refractivity contribution is -0.121. The molecular formula is C24H23ClN2O2. The van der Waals surface area contributed by atoms with E-state index in [1.807, 2.05) is 54.6 Å². The van der Waals surface area contributed by atoms with Crippen molar-refractivity contribution in [2.24, 2.45) is 0 Å². The Kier molecular flexibility index (Phi) is 5.81. The average molecular weight is 407 g/mol. The molecule has 1 aliphatic carbocycles. The number of hydrogen-bond donors (Lipinski definition) is 1. The third-order valence-corrected chi connectivity index (χ3v) is 5.75. The minimum absolute atomic E-state index is 0.0543. The summed E-state index contributed by atoms with van der Waals surface area (Å²) in [5.41, 5.74) is 4.90. The fourth-order valence-corrected chi connectivity index (χ4v) is 4.26. The summed E-state index contributed by atoms with van der Waals surface area (Å²) < 4.78 is 1.63. The number of nitrogens with zero attached hydrogens (tertiary/aromatic N) is 1. The summed E-state index contributed by atoms with van der Waals surface area (Å²) in [6, 6.07) is 19.2. The lowest BCUT2D eigenvalue weighted by atomic mass is 9.99. The number of rotatable bonds is 6. The molecule has 0 aliphatic heterocycles. The Bertz CT molecular complexity index is 1090. The first-order chi connectivity index (χ1) is 14.1. The van der Waals surface area contributed by atoms with E-state index in [-0.39, 0.29) is 18.0 Å². The molecule has 0 spiro atoms.